The average molecular weight is 263 g/mol. The monoisotopic (exact) mass is 261 g/mol. The van der Waals surface area contributed by atoms with Crippen molar-refractivity contribution in [3.05, 3.63) is 0 Å². The fourth-order valence-electron chi connectivity index (χ4n) is 0. The molecule has 0 fully saturated rings. The molecular formula is HAgO2Sb. The molecule has 0 rings (SSSR count). The number of hydrogen-bond acceptors (Lipinski definition) is 2. The average Bonchev–Trinajstić information content (AvgIpc) is 1.00. The maximum absolute atomic E-state index is 8.30. The Morgan fingerprint density at radius 1 is 1.25 bits per heavy atom. The molecule has 0 atom stereocenters. The molecule has 0 aliphatic rings. The fraction of sp³-hybridized carbons (Fsp3) is 0. The van der Waals surface area contributed by atoms with Crippen LogP contribution in [0.4, 0.5) is 0 Å². The first-order valence-electron chi connectivity index (χ1n) is 0.183. The summed E-state index contributed by atoms with van der Waals surface area (Å²) in [6.07, 6.45) is 0. The molecule has 0 saturated heterocycles. The molecule has 1 N–H and O–H groups in total. The molecule has 2 nitrogen and oxygen atoms in total. The van der Waals surface area contributed by atoms with Gasteiger partial charge >= 0.3 is 48.4 Å². The van der Waals surface area contributed by atoms with Crippen LogP contribution in [0.1, 0.15) is 0 Å². The van der Waals surface area contributed by atoms with Crippen LogP contribution < -0.4 is 0 Å². The first-order valence-corrected chi connectivity index (χ1v) is 1.22. The zero-order valence-corrected chi connectivity index (χ0v) is 5.64. The van der Waals surface area contributed by atoms with Crippen molar-refractivity contribution in [2.75, 3.05) is 0 Å². The van der Waals surface area contributed by atoms with E-state index < -0.39 is 0 Å². The number of hydrogen-bond donors (Lipinski definition) is 0. The first-order chi connectivity index (χ1) is 1.00. The Hall–Kier alpha value is 1.32. The van der Waals surface area contributed by atoms with Crippen LogP contribution in [0.15, 0.2) is 0 Å². The van der Waals surface area contributed by atoms with E-state index in [1.54, 1.807) is 0 Å². The van der Waals surface area contributed by atoms with Gasteiger partial charge in [0.2, 0.25) is 0 Å². The van der Waals surface area contributed by atoms with Crippen molar-refractivity contribution in [2.24, 2.45) is 0 Å². The Bertz CT molecular complexity index is 6.00. The van der Waals surface area contributed by atoms with Crippen LogP contribution in [0.3, 0.4) is 0 Å². The third-order valence-corrected chi connectivity index (χ3v) is 0. The summed E-state index contributed by atoms with van der Waals surface area (Å²) in [5.41, 5.74) is 0. The molecule has 0 aromatic heterocycles. The van der Waals surface area contributed by atoms with E-state index in [0.29, 0.717) is 23.0 Å². The van der Waals surface area contributed by atoms with Crippen LogP contribution in [0.2, 0.25) is 0 Å². The standard InChI is InChI=1S/Ag.H2O.O.Sb/h;1H2;;/q+1;;;/p-1. The molecule has 0 unspecified atom stereocenters. The third kappa shape index (κ3) is 10.3. The Kier molecular flexibility index (Phi) is 126. The first kappa shape index (κ1) is 18.5. The van der Waals surface area contributed by atoms with Gasteiger partial charge in [-0.1, -0.05) is 0 Å². The zero-order valence-electron chi connectivity index (χ0n) is 1.60. The molecular weight excluding hydrogens is 262 g/mol. The van der Waals surface area contributed by atoms with Crippen LogP contribution in [0.25, 0.3) is 0 Å². The summed E-state index contributed by atoms with van der Waals surface area (Å²) < 4.78 is 8.30. The van der Waals surface area contributed by atoms with Gasteiger partial charge in [0.05, 0.1) is 0 Å². The van der Waals surface area contributed by atoms with E-state index in [0.717, 1.165) is 0 Å². The van der Waals surface area contributed by atoms with Crippen molar-refractivity contribution >= 4 is 23.0 Å². The summed E-state index contributed by atoms with van der Waals surface area (Å²) in [7, 11) is 0. The van der Waals surface area contributed by atoms with E-state index in [1.807, 2.05) is 0 Å². The van der Waals surface area contributed by atoms with E-state index in [1.165, 1.54) is 0 Å². The molecule has 0 aliphatic heterocycles. The minimum atomic E-state index is 0. The van der Waals surface area contributed by atoms with Gasteiger partial charge < -0.3 is 5.48 Å². The van der Waals surface area contributed by atoms with E-state index in [2.05, 4.69) is 0 Å². The molecule has 1 radical (unpaired) electrons. The van der Waals surface area contributed by atoms with Crippen molar-refractivity contribution in [2.45, 2.75) is 0 Å². The summed E-state index contributed by atoms with van der Waals surface area (Å²) in [6.45, 7) is 0. The number of rotatable bonds is 0. The van der Waals surface area contributed by atoms with Gasteiger partial charge in [0.1, 0.15) is 0 Å². The van der Waals surface area contributed by atoms with Crippen LogP contribution in [-0.2, 0) is 25.4 Å². The van der Waals surface area contributed by atoms with E-state index in [4.69, 9.17) is 3.02 Å². The summed E-state index contributed by atoms with van der Waals surface area (Å²) in [5, 5.41) is 0. The molecule has 0 aromatic rings. The molecule has 29 valence electrons. The molecule has 0 heterocycles. The second-order valence-corrected chi connectivity index (χ2v) is 0. The summed E-state index contributed by atoms with van der Waals surface area (Å²) in [6, 6.07) is 0. The molecule has 0 aromatic carbocycles. The molecule has 4 heavy (non-hydrogen) atoms. The molecule has 0 aliphatic carbocycles. The van der Waals surface area contributed by atoms with Gasteiger partial charge in [0.25, 0.3) is 0 Å². The van der Waals surface area contributed by atoms with Gasteiger partial charge in [-0.05, 0) is 0 Å². The second-order valence-electron chi connectivity index (χ2n) is 0. The fourth-order valence-corrected chi connectivity index (χ4v) is 0. The van der Waals surface area contributed by atoms with Crippen LogP contribution in [0, 0.1) is 0 Å². The molecule has 0 spiro atoms. The Morgan fingerprint density at radius 3 is 1.25 bits per heavy atom. The van der Waals surface area contributed by atoms with Gasteiger partial charge in [-0.2, -0.15) is 0 Å². The molecule has 0 bridgehead atoms. The predicted molar refractivity (Wildman–Crippen MR) is 8.38 cm³/mol. The zero-order chi connectivity index (χ0) is 2.00. The van der Waals surface area contributed by atoms with Crippen molar-refractivity contribution in [1.29, 1.82) is 0 Å². The van der Waals surface area contributed by atoms with Gasteiger partial charge in [-0.3, -0.25) is 0 Å². The van der Waals surface area contributed by atoms with Crippen LogP contribution in [0.5, 0.6) is 0 Å². The van der Waals surface area contributed by atoms with Crippen LogP contribution >= 0.6 is 0 Å². The second kappa shape index (κ2) is 27.4. The third-order valence-electron chi connectivity index (χ3n) is 0. The normalized spacial score (nSPS) is 1.00. The van der Waals surface area contributed by atoms with E-state index in [9.17, 15) is 0 Å². The van der Waals surface area contributed by atoms with Gasteiger partial charge in [0.15, 0.2) is 0 Å². The van der Waals surface area contributed by atoms with Crippen molar-refractivity contribution in [3.63, 3.8) is 0 Å². The summed E-state index contributed by atoms with van der Waals surface area (Å²) >= 11 is 0.500. The SMILES string of the molecule is [Ag+].[OH-].[O]=[Sb]. The van der Waals surface area contributed by atoms with E-state index in [-0.39, 0.29) is 27.9 Å². The molecule has 4 heteroatoms. The summed E-state index contributed by atoms with van der Waals surface area (Å²) in [5.74, 6) is 0. The Balaban J connectivity index is -0.00000000500. The van der Waals surface area contributed by atoms with Crippen molar-refractivity contribution in [1.82, 2.24) is 0 Å². The Labute approximate surface area is 53.7 Å². The maximum atomic E-state index is 8.30. The Morgan fingerprint density at radius 2 is 1.25 bits per heavy atom. The molecule has 0 amide bonds. The van der Waals surface area contributed by atoms with Gasteiger partial charge in [-0.15, -0.1) is 0 Å². The predicted octanol–water partition coefficient (Wildman–Crippen LogP) is -0.679. The topological polar surface area (TPSA) is 47.1 Å². The molecule has 0 saturated carbocycles. The van der Waals surface area contributed by atoms with E-state index >= 15 is 0 Å². The van der Waals surface area contributed by atoms with Crippen molar-refractivity contribution < 1.29 is 30.9 Å². The van der Waals surface area contributed by atoms with Gasteiger partial charge in [0, 0.05) is 0 Å². The quantitative estimate of drug-likeness (QED) is 0.543. The van der Waals surface area contributed by atoms with Crippen molar-refractivity contribution in [3.8, 4) is 0 Å². The minimum absolute atomic E-state index is 0. The summed E-state index contributed by atoms with van der Waals surface area (Å²) in [4.78, 5) is 0. The van der Waals surface area contributed by atoms with Crippen LogP contribution in [-0.4, -0.2) is 28.5 Å². The van der Waals surface area contributed by atoms with Gasteiger partial charge in [-0.25, -0.2) is 0 Å².